The number of carbonyl (C=O) groups is 2. The van der Waals surface area contributed by atoms with E-state index in [0.717, 1.165) is 49.8 Å². The Kier molecular flexibility index (Phi) is 7.80. The van der Waals surface area contributed by atoms with Crippen LogP contribution in [0.4, 0.5) is 0 Å². The number of methoxy groups -OCH3 is 1. The number of nitrogens with zero attached hydrogens (tertiary/aromatic N) is 2. The van der Waals surface area contributed by atoms with Gasteiger partial charge in [0.25, 0.3) is 11.5 Å². The monoisotopic (exact) mass is 387 g/mol. The summed E-state index contributed by atoms with van der Waals surface area (Å²) in [5.41, 5.74) is 1.54. The fourth-order valence-corrected chi connectivity index (χ4v) is 3.64. The zero-order chi connectivity index (χ0) is 20.7. The Morgan fingerprint density at radius 1 is 1.25 bits per heavy atom. The number of hydrogen-bond acceptors (Lipinski definition) is 5. The normalized spacial score (nSPS) is 15.0. The smallest absolute Gasteiger partial charge is 0.328 e. The molecule has 7 heteroatoms. The third-order valence-corrected chi connectivity index (χ3v) is 5.20. The Hall–Kier alpha value is -2.62. The Balaban J connectivity index is 2.46. The van der Waals surface area contributed by atoms with Gasteiger partial charge < -0.3 is 14.6 Å². The molecule has 1 unspecified atom stereocenters. The van der Waals surface area contributed by atoms with Gasteiger partial charge in [0.2, 0.25) is 0 Å². The maximum absolute atomic E-state index is 13.1. The van der Waals surface area contributed by atoms with Gasteiger partial charge in [0.1, 0.15) is 11.6 Å². The highest BCUT2D eigenvalue weighted by molar-refractivity contribution is 5.96. The summed E-state index contributed by atoms with van der Waals surface area (Å²) in [7, 11) is 1.27. The molecule has 0 saturated heterocycles. The molecular formula is C21H29N3O4. The van der Waals surface area contributed by atoms with E-state index in [-0.39, 0.29) is 24.4 Å². The van der Waals surface area contributed by atoms with Crippen LogP contribution in [0, 0.1) is 17.2 Å². The van der Waals surface area contributed by atoms with E-state index in [1.54, 1.807) is 24.5 Å². The van der Waals surface area contributed by atoms with Crippen molar-refractivity contribution >= 4 is 11.9 Å². The second-order valence-corrected chi connectivity index (χ2v) is 7.53. The van der Waals surface area contributed by atoms with Crippen LogP contribution in [-0.4, -0.2) is 29.6 Å². The minimum absolute atomic E-state index is 0.0202. The minimum Gasteiger partial charge on any atom is -0.467 e. The molecule has 1 N–H and O–H groups in total. The van der Waals surface area contributed by atoms with Crippen molar-refractivity contribution in [2.45, 2.75) is 71.4 Å². The van der Waals surface area contributed by atoms with Crippen molar-refractivity contribution in [3.63, 3.8) is 0 Å². The van der Waals surface area contributed by atoms with E-state index in [2.05, 4.69) is 11.4 Å². The summed E-state index contributed by atoms with van der Waals surface area (Å²) < 4.78 is 6.35. The molecule has 1 aliphatic rings. The van der Waals surface area contributed by atoms with Gasteiger partial charge in [-0.25, -0.2) is 4.79 Å². The van der Waals surface area contributed by atoms with Crippen molar-refractivity contribution in [1.82, 2.24) is 9.88 Å². The van der Waals surface area contributed by atoms with Crippen LogP contribution in [0.15, 0.2) is 10.9 Å². The van der Waals surface area contributed by atoms with Crippen LogP contribution in [0.2, 0.25) is 0 Å². The predicted molar refractivity (Wildman–Crippen MR) is 105 cm³/mol. The standard InChI is InChI=1S/C21H29N3O4/c1-14(2)18(21(27)28-3)23-19(25)16-13-15-9-6-4-5-7-10-17(15)24(20(16)26)12-8-11-22/h13-14,18H,4-10,12H2,1-3H3,(H,23,25). The van der Waals surface area contributed by atoms with E-state index >= 15 is 0 Å². The number of esters is 1. The van der Waals surface area contributed by atoms with Gasteiger partial charge in [-0.1, -0.05) is 26.7 Å². The highest BCUT2D eigenvalue weighted by Gasteiger charge is 2.27. The van der Waals surface area contributed by atoms with E-state index in [9.17, 15) is 14.4 Å². The zero-order valence-corrected chi connectivity index (χ0v) is 16.9. The fourth-order valence-electron chi connectivity index (χ4n) is 3.64. The maximum Gasteiger partial charge on any atom is 0.328 e. The number of aryl methyl sites for hydroxylation is 1. The molecule has 1 aromatic rings. The molecule has 1 amide bonds. The highest BCUT2D eigenvalue weighted by Crippen LogP contribution is 2.20. The second-order valence-electron chi connectivity index (χ2n) is 7.53. The lowest BCUT2D eigenvalue weighted by atomic mass is 9.95. The van der Waals surface area contributed by atoms with Gasteiger partial charge >= 0.3 is 5.97 Å². The maximum atomic E-state index is 13.1. The van der Waals surface area contributed by atoms with Gasteiger partial charge in [0.05, 0.1) is 19.6 Å². The Morgan fingerprint density at radius 2 is 1.93 bits per heavy atom. The lowest BCUT2D eigenvalue weighted by Gasteiger charge is -2.22. The third-order valence-electron chi connectivity index (χ3n) is 5.20. The van der Waals surface area contributed by atoms with Gasteiger partial charge in [-0.15, -0.1) is 0 Å². The number of hydrogen-bond donors (Lipinski definition) is 1. The number of fused-ring (bicyclic) bond motifs is 1. The molecule has 0 spiro atoms. The van der Waals surface area contributed by atoms with Crippen molar-refractivity contribution in [3.05, 3.63) is 33.2 Å². The van der Waals surface area contributed by atoms with Crippen molar-refractivity contribution in [1.29, 1.82) is 5.26 Å². The molecule has 1 aliphatic carbocycles. The molecule has 0 radical (unpaired) electrons. The molecule has 0 saturated carbocycles. The summed E-state index contributed by atoms with van der Waals surface area (Å²) in [6.45, 7) is 3.87. The zero-order valence-electron chi connectivity index (χ0n) is 16.9. The Bertz CT molecular complexity index is 820. The predicted octanol–water partition coefficient (Wildman–Crippen LogP) is 2.35. The van der Waals surface area contributed by atoms with E-state index in [4.69, 9.17) is 10.00 Å². The molecule has 0 bridgehead atoms. The molecule has 0 aromatic carbocycles. The topological polar surface area (TPSA) is 101 Å². The number of amides is 1. The molecule has 1 atom stereocenters. The number of carbonyl (C=O) groups excluding carboxylic acids is 2. The number of nitriles is 1. The molecule has 7 nitrogen and oxygen atoms in total. The van der Waals surface area contributed by atoms with Crippen LogP contribution in [0.5, 0.6) is 0 Å². The van der Waals surface area contributed by atoms with E-state index < -0.39 is 23.5 Å². The van der Waals surface area contributed by atoms with E-state index in [1.807, 2.05) is 0 Å². The van der Waals surface area contributed by atoms with Crippen LogP contribution >= 0.6 is 0 Å². The first-order chi connectivity index (χ1) is 13.4. The lowest BCUT2D eigenvalue weighted by Crippen LogP contribution is -2.47. The van der Waals surface area contributed by atoms with Crippen molar-refractivity contribution in [3.8, 4) is 6.07 Å². The summed E-state index contributed by atoms with van der Waals surface area (Å²) >= 11 is 0. The summed E-state index contributed by atoms with van der Waals surface area (Å²) in [6, 6.07) is 2.92. The highest BCUT2D eigenvalue weighted by atomic mass is 16.5. The van der Waals surface area contributed by atoms with Crippen LogP contribution in [0.25, 0.3) is 0 Å². The third kappa shape index (κ3) is 5.00. The minimum atomic E-state index is -0.827. The first-order valence-corrected chi connectivity index (χ1v) is 9.92. The summed E-state index contributed by atoms with van der Waals surface area (Å²) in [5, 5.41) is 11.6. The number of ether oxygens (including phenoxy) is 1. The molecule has 0 aliphatic heterocycles. The van der Waals surface area contributed by atoms with E-state index in [0.29, 0.717) is 0 Å². The molecule has 28 heavy (non-hydrogen) atoms. The fraction of sp³-hybridized carbons (Fsp3) is 0.619. The SMILES string of the molecule is COC(=O)C(NC(=O)c1cc2c(n(CCC#N)c1=O)CCCCCC2)C(C)C. The van der Waals surface area contributed by atoms with E-state index in [1.165, 1.54) is 7.11 Å². The van der Waals surface area contributed by atoms with Gasteiger partial charge in [-0.05, 0) is 43.2 Å². The number of nitrogens with one attached hydrogen (secondary N) is 1. The molecule has 1 aromatic heterocycles. The molecular weight excluding hydrogens is 358 g/mol. The van der Waals surface area contributed by atoms with Crippen molar-refractivity contribution in [2.75, 3.05) is 7.11 Å². The number of aromatic nitrogens is 1. The van der Waals surface area contributed by atoms with Crippen LogP contribution in [-0.2, 0) is 28.9 Å². The van der Waals surface area contributed by atoms with Crippen molar-refractivity contribution in [2.24, 2.45) is 5.92 Å². The molecule has 1 heterocycles. The average molecular weight is 387 g/mol. The molecule has 152 valence electrons. The quantitative estimate of drug-likeness (QED) is 0.755. The number of pyridine rings is 1. The van der Waals surface area contributed by atoms with Crippen LogP contribution in [0.1, 0.15) is 67.6 Å². The van der Waals surface area contributed by atoms with Gasteiger partial charge in [0, 0.05) is 12.2 Å². The van der Waals surface area contributed by atoms with Gasteiger partial charge in [-0.2, -0.15) is 5.26 Å². The van der Waals surface area contributed by atoms with Gasteiger partial charge in [-0.3, -0.25) is 9.59 Å². The average Bonchev–Trinajstić information content (AvgIpc) is 2.65. The Labute approximate surface area is 165 Å². The molecule has 0 fully saturated rings. The molecule has 2 rings (SSSR count). The second kappa shape index (κ2) is 10.1. The number of rotatable bonds is 6. The first kappa shape index (κ1) is 21.7. The summed E-state index contributed by atoms with van der Waals surface area (Å²) in [4.78, 5) is 37.9. The largest absolute Gasteiger partial charge is 0.467 e. The van der Waals surface area contributed by atoms with Crippen molar-refractivity contribution < 1.29 is 14.3 Å². The summed E-state index contributed by atoms with van der Waals surface area (Å²) in [6.07, 6.45) is 6.00. The lowest BCUT2D eigenvalue weighted by molar-refractivity contribution is -0.144. The Morgan fingerprint density at radius 3 is 2.54 bits per heavy atom. The van der Waals surface area contributed by atoms with Crippen LogP contribution in [0.3, 0.4) is 0 Å². The summed E-state index contributed by atoms with van der Waals surface area (Å²) in [5.74, 6) is -1.30. The van der Waals surface area contributed by atoms with Gasteiger partial charge in [0.15, 0.2) is 0 Å². The van der Waals surface area contributed by atoms with Crippen LogP contribution < -0.4 is 10.9 Å². The first-order valence-electron chi connectivity index (χ1n) is 9.92.